The molecule has 0 aliphatic carbocycles. The van der Waals surface area contributed by atoms with Crippen molar-refractivity contribution in [2.24, 2.45) is 4.99 Å². The van der Waals surface area contributed by atoms with E-state index >= 15 is 0 Å². The first kappa shape index (κ1) is 16.4. The van der Waals surface area contributed by atoms with E-state index in [-0.39, 0.29) is 0 Å². The van der Waals surface area contributed by atoms with Crippen LogP contribution >= 0.6 is 11.3 Å². The Kier molecular flexibility index (Phi) is 5.05. The number of hydrogen-bond acceptors (Lipinski definition) is 5. The standard InChI is InChI=1S/C16H21N7S/c1-4-17-16(18-9-13-11(2)20-12(3)24-13)19-10-15-22-21-14-7-5-6-8-23(14)15/h5-8H,4,9-10H2,1-3H3,(H2,17,18,19). The summed E-state index contributed by atoms with van der Waals surface area (Å²) in [7, 11) is 0. The number of nitrogens with zero attached hydrogens (tertiary/aromatic N) is 5. The molecule has 126 valence electrons. The van der Waals surface area contributed by atoms with E-state index in [4.69, 9.17) is 0 Å². The van der Waals surface area contributed by atoms with Crippen molar-refractivity contribution < 1.29 is 0 Å². The van der Waals surface area contributed by atoms with E-state index in [1.165, 1.54) is 4.88 Å². The Balaban J connectivity index is 1.70. The highest BCUT2D eigenvalue weighted by atomic mass is 32.1. The first-order valence-electron chi connectivity index (χ1n) is 7.91. The lowest BCUT2D eigenvalue weighted by molar-refractivity contribution is 0.801. The number of guanidine groups is 1. The van der Waals surface area contributed by atoms with E-state index in [2.05, 4.69) is 30.8 Å². The second kappa shape index (κ2) is 7.39. The van der Waals surface area contributed by atoms with Crippen molar-refractivity contribution in [3.05, 3.63) is 45.8 Å². The minimum absolute atomic E-state index is 0.460. The van der Waals surface area contributed by atoms with Gasteiger partial charge in [0.15, 0.2) is 17.4 Å². The van der Waals surface area contributed by atoms with E-state index < -0.39 is 0 Å². The molecule has 0 aromatic carbocycles. The second-order valence-corrected chi connectivity index (χ2v) is 6.62. The highest BCUT2D eigenvalue weighted by Crippen LogP contribution is 2.16. The Morgan fingerprint density at radius 1 is 1.25 bits per heavy atom. The van der Waals surface area contributed by atoms with Crippen molar-refractivity contribution in [1.29, 1.82) is 0 Å². The second-order valence-electron chi connectivity index (χ2n) is 5.34. The summed E-state index contributed by atoms with van der Waals surface area (Å²) in [4.78, 5) is 10.3. The van der Waals surface area contributed by atoms with Crippen molar-refractivity contribution in [3.8, 4) is 0 Å². The van der Waals surface area contributed by atoms with Crippen LogP contribution in [0.15, 0.2) is 29.4 Å². The molecular weight excluding hydrogens is 322 g/mol. The molecular formula is C16H21N7S. The van der Waals surface area contributed by atoms with E-state index in [0.717, 1.165) is 34.7 Å². The number of thiazole rings is 1. The zero-order valence-corrected chi connectivity index (χ0v) is 14.9. The lowest BCUT2D eigenvalue weighted by Gasteiger charge is -2.10. The molecule has 3 aromatic rings. The number of aliphatic imine (C=N–C) groups is 1. The van der Waals surface area contributed by atoms with Crippen molar-refractivity contribution >= 4 is 22.9 Å². The summed E-state index contributed by atoms with van der Waals surface area (Å²) in [5.41, 5.74) is 1.90. The van der Waals surface area contributed by atoms with Gasteiger partial charge in [0.25, 0.3) is 0 Å². The molecule has 3 heterocycles. The van der Waals surface area contributed by atoms with Crippen molar-refractivity contribution in [3.63, 3.8) is 0 Å². The zero-order valence-electron chi connectivity index (χ0n) is 14.1. The summed E-state index contributed by atoms with van der Waals surface area (Å²) >= 11 is 1.71. The van der Waals surface area contributed by atoms with Gasteiger partial charge in [0.1, 0.15) is 6.54 Å². The van der Waals surface area contributed by atoms with E-state index in [1.54, 1.807) is 11.3 Å². The molecule has 0 amide bonds. The van der Waals surface area contributed by atoms with E-state index in [0.29, 0.717) is 13.1 Å². The van der Waals surface area contributed by atoms with Crippen LogP contribution in [-0.2, 0) is 13.1 Å². The molecule has 3 aromatic heterocycles. The minimum Gasteiger partial charge on any atom is -0.357 e. The summed E-state index contributed by atoms with van der Waals surface area (Å²) in [6.45, 7) is 8.08. The Morgan fingerprint density at radius 2 is 2.12 bits per heavy atom. The van der Waals surface area contributed by atoms with Gasteiger partial charge in [0.2, 0.25) is 0 Å². The molecule has 0 bridgehead atoms. The summed E-state index contributed by atoms with van der Waals surface area (Å²) in [6, 6.07) is 5.84. The van der Waals surface area contributed by atoms with Gasteiger partial charge in [-0.2, -0.15) is 0 Å². The zero-order chi connectivity index (χ0) is 16.9. The first-order valence-corrected chi connectivity index (χ1v) is 8.72. The highest BCUT2D eigenvalue weighted by molar-refractivity contribution is 7.11. The van der Waals surface area contributed by atoms with Crippen LogP contribution in [0.1, 0.15) is 28.3 Å². The summed E-state index contributed by atoms with van der Waals surface area (Å²) in [6.07, 6.45) is 1.95. The van der Waals surface area contributed by atoms with Gasteiger partial charge in [0, 0.05) is 17.6 Å². The predicted octanol–water partition coefficient (Wildman–Crippen LogP) is 2.06. The number of rotatable bonds is 5. The lowest BCUT2D eigenvalue weighted by Crippen LogP contribution is -2.36. The fraction of sp³-hybridized carbons (Fsp3) is 0.375. The van der Waals surface area contributed by atoms with Crippen LogP contribution in [0.3, 0.4) is 0 Å². The molecule has 0 aliphatic rings. The van der Waals surface area contributed by atoms with Crippen LogP contribution in [0, 0.1) is 13.8 Å². The smallest absolute Gasteiger partial charge is 0.191 e. The fourth-order valence-electron chi connectivity index (χ4n) is 2.39. The van der Waals surface area contributed by atoms with Gasteiger partial charge in [-0.05, 0) is 32.9 Å². The molecule has 8 heteroatoms. The molecule has 0 atom stereocenters. The van der Waals surface area contributed by atoms with E-state index in [1.807, 2.05) is 49.6 Å². The molecule has 0 aliphatic heterocycles. The van der Waals surface area contributed by atoms with Gasteiger partial charge in [-0.1, -0.05) is 6.07 Å². The maximum Gasteiger partial charge on any atom is 0.191 e. The minimum atomic E-state index is 0.460. The Hall–Kier alpha value is -2.48. The number of aryl methyl sites for hydroxylation is 2. The number of pyridine rings is 1. The third-order valence-electron chi connectivity index (χ3n) is 3.52. The largest absolute Gasteiger partial charge is 0.357 e. The maximum atomic E-state index is 4.61. The van der Waals surface area contributed by atoms with Gasteiger partial charge < -0.3 is 10.6 Å². The molecule has 0 saturated heterocycles. The topological polar surface area (TPSA) is 79.5 Å². The molecule has 0 spiro atoms. The molecule has 0 saturated carbocycles. The van der Waals surface area contributed by atoms with Gasteiger partial charge in [0.05, 0.1) is 17.2 Å². The quantitative estimate of drug-likeness (QED) is 0.547. The summed E-state index contributed by atoms with van der Waals surface area (Å²) in [5.74, 6) is 1.57. The summed E-state index contributed by atoms with van der Waals surface area (Å²) in [5, 5.41) is 16.0. The van der Waals surface area contributed by atoms with Gasteiger partial charge in [-0.15, -0.1) is 21.5 Å². The average molecular weight is 343 g/mol. The summed E-state index contributed by atoms with van der Waals surface area (Å²) < 4.78 is 1.95. The molecule has 0 unspecified atom stereocenters. The molecule has 0 radical (unpaired) electrons. The van der Waals surface area contributed by atoms with Crippen molar-refractivity contribution in [2.45, 2.75) is 33.9 Å². The molecule has 0 fully saturated rings. The number of fused-ring (bicyclic) bond motifs is 1. The van der Waals surface area contributed by atoms with Crippen LogP contribution < -0.4 is 10.6 Å². The third-order valence-corrected chi connectivity index (χ3v) is 4.60. The Morgan fingerprint density at radius 3 is 2.88 bits per heavy atom. The average Bonchev–Trinajstić information content (AvgIpc) is 3.13. The Labute approximate surface area is 144 Å². The van der Waals surface area contributed by atoms with Crippen LogP contribution in [0.25, 0.3) is 5.65 Å². The highest BCUT2D eigenvalue weighted by Gasteiger charge is 2.07. The SMILES string of the molecule is CCNC(=NCc1nnc2ccccn12)NCc1sc(C)nc1C. The number of hydrogen-bond donors (Lipinski definition) is 2. The van der Waals surface area contributed by atoms with Gasteiger partial charge >= 0.3 is 0 Å². The molecule has 3 rings (SSSR count). The monoisotopic (exact) mass is 343 g/mol. The molecule has 24 heavy (non-hydrogen) atoms. The molecule has 2 N–H and O–H groups in total. The number of nitrogens with one attached hydrogen (secondary N) is 2. The van der Waals surface area contributed by atoms with Crippen LogP contribution in [0.2, 0.25) is 0 Å². The molecule has 7 nitrogen and oxygen atoms in total. The number of aromatic nitrogens is 4. The van der Waals surface area contributed by atoms with Crippen molar-refractivity contribution in [2.75, 3.05) is 6.54 Å². The van der Waals surface area contributed by atoms with Crippen LogP contribution in [0.5, 0.6) is 0 Å². The van der Waals surface area contributed by atoms with Crippen LogP contribution in [-0.4, -0.2) is 32.1 Å². The first-order chi connectivity index (χ1) is 11.7. The maximum absolute atomic E-state index is 4.61. The van der Waals surface area contributed by atoms with Crippen molar-refractivity contribution in [1.82, 2.24) is 30.2 Å². The fourth-order valence-corrected chi connectivity index (χ4v) is 3.27. The van der Waals surface area contributed by atoms with Gasteiger partial charge in [-0.25, -0.2) is 9.98 Å². The van der Waals surface area contributed by atoms with Gasteiger partial charge in [-0.3, -0.25) is 4.40 Å². The normalized spacial score (nSPS) is 11.9. The van der Waals surface area contributed by atoms with Crippen LogP contribution in [0.4, 0.5) is 0 Å². The predicted molar refractivity (Wildman–Crippen MR) is 96.2 cm³/mol. The lowest BCUT2D eigenvalue weighted by atomic mass is 10.4. The third kappa shape index (κ3) is 3.70. The van der Waals surface area contributed by atoms with E-state index in [9.17, 15) is 0 Å². The Bertz CT molecular complexity index is 849.